The first kappa shape index (κ1) is 27.5. The Bertz CT molecular complexity index is 812. The maximum atomic E-state index is 13.7. The molecule has 0 aliphatic heterocycles. The van der Waals surface area contributed by atoms with Gasteiger partial charge >= 0.3 is 6.09 Å². The number of carbonyl (C=O) groups excluding carboxylic acids is 3. The van der Waals surface area contributed by atoms with Gasteiger partial charge in [-0.05, 0) is 79.9 Å². The topological polar surface area (TPSA) is 87.7 Å². The smallest absolute Gasteiger partial charge is 0.408 e. The van der Waals surface area contributed by atoms with Crippen LogP contribution in [0, 0.1) is 6.92 Å². The lowest BCUT2D eigenvalue weighted by Gasteiger charge is -2.44. The van der Waals surface area contributed by atoms with Gasteiger partial charge in [0.2, 0.25) is 11.8 Å². The zero-order chi connectivity index (χ0) is 24.9. The second-order valence-electron chi connectivity index (χ2n) is 10.2. The van der Waals surface area contributed by atoms with Crippen LogP contribution >= 0.6 is 0 Å². The highest BCUT2D eigenvalue weighted by molar-refractivity contribution is 5.92. The summed E-state index contributed by atoms with van der Waals surface area (Å²) in [6.45, 7) is 18.4. The van der Waals surface area contributed by atoms with Gasteiger partial charge in [-0.25, -0.2) is 4.79 Å². The zero-order valence-electron chi connectivity index (χ0n) is 21.3. The van der Waals surface area contributed by atoms with E-state index in [-0.39, 0.29) is 17.9 Å². The van der Waals surface area contributed by atoms with E-state index in [0.717, 1.165) is 11.1 Å². The third-order valence-electron chi connectivity index (χ3n) is 5.28. The van der Waals surface area contributed by atoms with Crippen LogP contribution in [-0.2, 0) is 14.3 Å². The Balaban J connectivity index is 3.47. The number of rotatable bonds is 8. The van der Waals surface area contributed by atoms with Crippen molar-refractivity contribution in [2.24, 2.45) is 0 Å². The summed E-state index contributed by atoms with van der Waals surface area (Å²) in [4.78, 5) is 41.1. The van der Waals surface area contributed by atoms with Gasteiger partial charge in [0, 0.05) is 11.6 Å². The molecule has 3 amide bonds. The van der Waals surface area contributed by atoms with Crippen LogP contribution in [0.1, 0.15) is 85.9 Å². The van der Waals surface area contributed by atoms with E-state index in [0.29, 0.717) is 6.42 Å². The number of aryl methyl sites for hydroxylation is 1. The van der Waals surface area contributed by atoms with Crippen molar-refractivity contribution in [1.82, 2.24) is 15.5 Å². The van der Waals surface area contributed by atoms with Gasteiger partial charge < -0.3 is 20.3 Å². The van der Waals surface area contributed by atoms with E-state index >= 15 is 0 Å². The lowest BCUT2D eigenvalue weighted by molar-refractivity contribution is -0.149. The summed E-state index contributed by atoms with van der Waals surface area (Å²) in [7, 11) is 0. The van der Waals surface area contributed by atoms with E-state index < -0.39 is 29.3 Å². The van der Waals surface area contributed by atoms with Gasteiger partial charge in [0.25, 0.3) is 0 Å². The summed E-state index contributed by atoms with van der Waals surface area (Å²) in [5.41, 5.74) is 0.331. The van der Waals surface area contributed by atoms with E-state index in [1.807, 2.05) is 65.8 Å². The Morgan fingerprint density at radius 1 is 1.00 bits per heavy atom. The minimum atomic E-state index is -0.881. The normalized spacial score (nSPS) is 13.8. The zero-order valence-corrected chi connectivity index (χ0v) is 21.3. The maximum Gasteiger partial charge on any atom is 0.408 e. The van der Waals surface area contributed by atoms with Crippen LogP contribution in [0.5, 0.6) is 0 Å². The first-order valence-corrected chi connectivity index (χ1v) is 11.3. The molecule has 2 N–H and O–H groups in total. The lowest BCUT2D eigenvalue weighted by atomic mass is 9.90. The predicted octanol–water partition coefficient (Wildman–Crippen LogP) is 4.49. The molecule has 32 heavy (non-hydrogen) atoms. The van der Waals surface area contributed by atoms with Gasteiger partial charge in [-0.3, -0.25) is 9.59 Å². The largest absolute Gasteiger partial charge is 0.444 e. The molecule has 2 atom stereocenters. The fourth-order valence-electron chi connectivity index (χ4n) is 3.35. The number of ether oxygens (including phenoxy) is 1. The lowest BCUT2D eigenvalue weighted by Crippen LogP contribution is -2.59. The standard InChI is InChI=1S/C25H41N3O4/c1-11-25(9,10)28(22(30)18(5)27-23(31)32-24(6,7)8)20(21(29)26-16(2)3)19-15-13-12-14-17(19)4/h12-16,18,20H,11H2,1-10H3,(H,26,29)(H,27,31). The third-order valence-corrected chi connectivity index (χ3v) is 5.28. The highest BCUT2D eigenvalue weighted by Crippen LogP contribution is 2.33. The van der Waals surface area contributed by atoms with E-state index in [1.54, 1.807) is 32.6 Å². The molecule has 0 spiro atoms. The second-order valence-corrected chi connectivity index (χ2v) is 10.2. The number of benzene rings is 1. The van der Waals surface area contributed by atoms with E-state index in [4.69, 9.17) is 4.74 Å². The molecular formula is C25H41N3O4. The van der Waals surface area contributed by atoms with Crippen molar-refractivity contribution in [3.05, 3.63) is 35.4 Å². The van der Waals surface area contributed by atoms with Gasteiger partial charge in [-0.2, -0.15) is 0 Å². The Hall–Kier alpha value is -2.57. The van der Waals surface area contributed by atoms with Crippen molar-refractivity contribution < 1.29 is 19.1 Å². The number of nitrogens with zero attached hydrogens (tertiary/aromatic N) is 1. The fourth-order valence-corrected chi connectivity index (χ4v) is 3.35. The molecule has 2 unspecified atom stereocenters. The molecule has 0 heterocycles. The maximum absolute atomic E-state index is 13.7. The number of nitrogens with one attached hydrogen (secondary N) is 2. The SMILES string of the molecule is CCC(C)(C)N(C(=O)C(C)NC(=O)OC(C)(C)C)C(C(=O)NC(C)C)c1ccccc1C. The second kappa shape index (κ2) is 10.8. The summed E-state index contributed by atoms with van der Waals surface area (Å²) in [6.07, 6.45) is -0.0541. The number of hydrogen-bond acceptors (Lipinski definition) is 4. The van der Waals surface area contributed by atoms with E-state index in [2.05, 4.69) is 10.6 Å². The molecular weight excluding hydrogens is 406 g/mol. The predicted molar refractivity (Wildman–Crippen MR) is 127 cm³/mol. The summed E-state index contributed by atoms with van der Waals surface area (Å²) in [6, 6.07) is 5.75. The molecule has 0 saturated carbocycles. The molecule has 0 radical (unpaired) electrons. The summed E-state index contributed by atoms with van der Waals surface area (Å²) in [5.74, 6) is -0.608. The van der Waals surface area contributed by atoms with Crippen molar-refractivity contribution in [2.45, 2.75) is 105 Å². The van der Waals surface area contributed by atoms with Crippen LogP contribution in [0.15, 0.2) is 24.3 Å². The summed E-state index contributed by atoms with van der Waals surface area (Å²) in [5, 5.41) is 5.60. The van der Waals surface area contributed by atoms with E-state index in [9.17, 15) is 14.4 Å². The fraction of sp³-hybridized carbons (Fsp3) is 0.640. The monoisotopic (exact) mass is 447 g/mol. The third kappa shape index (κ3) is 7.53. The Morgan fingerprint density at radius 2 is 1.56 bits per heavy atom. The highest BCUT2D eigenvalue weighted by atomic mass is 16.6. The molecule has 7 heteroatoms. The average molecular weight is 448 g/mol. The van der Waals surface area contributed by atoms with E-state index in [1.165, 1.54) is 0 Å². The van der Waals surface area contributed by atoms with Gasteiger partial charge in [0.05, 0.1) is 0 Å². The molecule has 7 nitrogen and oxygen atoms in total. The Labute approximate surface area is 193 Å². The first-order valence-electron chi connectivity index (χ1n) is 11.3. The minimum absolute atomic E-state index is 0.0898. The minimum Gasteiger partial charge on any atom is -0.444 e. The van der Waals surface area contributed by atoms with Crippen LogP contribution in [0.4, 0.5) is 4.79 Å². The van der Waals surface area contributed by atoms with Crippen LogP contribution in [0.2, 0.25) is 0 Å². The number of hydrogen-bond donors (Lipinski definition) is 2. The molecule has 180 valence electrons. The molecule has 0 aliphatic rings. The molecule has 0 aromatic heterocycles. The summed E-state index contributed by atoms with van der Waals surface area (Å²) >= 11 is 0. The van der Waals surface area contributed by atoms with Crippen molar-refractivity contribution >= 4 is 17.9 Å². The molecule has 0 saturated heterocycles. The number of carbonyl (C=O) groups is 3. The van der Waals surface area contributed by atoms with Gasteiger partial charge in [0.1, 0.15) is 17.7 Å². The van der Waals surface area contributed by atoms with Gasteiger partial charge in [-0.15, -0.1) is 0 Å². The molecule has 1 rings (SSSR count). The molecule has 0 bridgehead atoms. The Kier molecular flexibility index (Phi) is 9.30. The van der Waals surface area contributed by atoms with Crippen LogP contribution < -0.4 is 10.6 Å². The van der Waals surface area contributed by atoms with Crippen molar-refractivity contribution in [3.8, 4) is 0 Å². The first-order chi connectivity index (χ1) is 14.6. The number of alkyl carbamates (subject to hydrolysis) is 1. The number of amides is 3. The van der Waals surface area contributed by atoms with Crippen LogP contribution in [0.3, 0.4) is 0 Å². The Morgan fingerprint density at radius 3 is 2.03 bits per heavy atom. The van der Waals surface area contributed by atoms with Crippen LogP contribution in [-0.4, -0.2) is 46.0 Å². The van der Waals surface area contributed by atoms with Gasteiger partial charge in [0.15, 0.2) is 0 Å². The van der Waals surface area contributed by atoms with Crippen LogP contribution in [0.25, 0.3) is 0 Å². The average Bonchev–Trinajstić information content (AvgIpc) is 2.63. The molecule has 0 fully saturated rings. The van der Waals surface area contributed by atoms with Crippen molar-refractivity contribution in [2.75, 3.05) is 0 Å². The molecule has 0 aliphatic carbocycles. The van der Waals surface area contributed by atoms with Crippen molar-refractivity contribution in [1.29, 1.82) is 0 Å². The van der Waals surface area contributed by atoms with Crippen molar-refractivity contribution in [3.63, 3.8) is 0 Å². The molecule has 1 aromatic carbocycles. The quantitative estimate of drug-likeness (QED) is 0.615. The highest BCUT2D eigenvalue weighted by Gasteiger charge is 2.42. The van der Waals surface area contributed by atoms with Gasteiger partial charge in [-0.1, -0.05) is 31.2 Å². The summed E-state index contributed by atoms with van der Waals surface area (Å²) < 4.78 is 5.31. The molecule has 1 aromatic rings.